The summed E-state index contributed by atoms with van der Waals surface area (Å²) in [6.07, 6.45) is 3.37. The highest BCUT2D eigenvalue weighted by Crippen LogP contribution is 2.28. The van der Waals surface area contributed by atoms with Crippen molar-refractivity contribution in [2.75, 3.05) is 33.4 Å². The number of benzene rings is 1. The Labute approximate surface area is 154 Å². The Morgan fingerprint density at radius 3 is 2.92 bits per heavy atom. The molecule has 2 N–H and O–H groups in total. The maximum absolute atomic E-state index is 12.9. The van der Waals surface area contributed by atoms with Crippen molar-refractivity contribution in [3.05, 3.63) is 29.5 Å². The molecule has 0 spiro atoms. The summed E-state index contributed by atoms with van der Waals surface area (Å²) in [5, 5.41) is 13.5. The van der Waals surface area contributed by atoms with Gasteiger partial charge in [-0.05, 0) is 44.5 Å². The van der Waals surface area contributed by atoms with Crippen molar-refractivity contribution in [1.29, 1.82) is 0 Å². The molecule has 2 aromatic rings. The van der Waals surface area contributed by atoms with Gasteiger partial charge in [-0.15, -0.1) is 0 Å². The van der Waals surface area contributed by atoms with Gasteiger partial charge in [0.25, 0.3) is 5.91 Å². The van der Waals surface area contributed by atoms with Gasteiger partial charge in [0.05, 0.1) is 19.3 Å². The summed E-state index contributed by atoms with van der Waals surface area (Å²) in [5.41, 5.74) is 2.67. The smallest absolute Gasteiger partial charge is 0.253 e. The number of methoxy groups -OCH3 is 1. The summed E-state index contributed by atoms with van der Waals surface area (Å²) in [6, 6.07) is 6.04. The highest BCUT2D eigenvalue weighted by atomic mass is 16.5. The number of aryl methyl sites for hydroxylation is 1. The van der Waals surface area contributed by atoms with Gasteiger partial charge in [0, 0.05) is 42.8 Å². The average molecular weight is 359 g/mol. The number of aliphatic hydroxyl groups is 1. The summed E-state index contributed by atoms with van der Waals surface area (Å²) in [7, 11) is 3.60. The number of hydrogen-bond acceptors (Lipinski definition) is 4. The zero-order chi connectivity index (χ0) is 18.7. The molecular weight excluding hydrogens is 330 g/mol. The van der Waals surface area contributed by atoms with Gasteiger partial charge in [-0.1, -0.05) is 6.42 Å². The van der Waals surface area contributed by atoms with Crippen molar-refractivity contribution in [1.82, 2.24) is 14.8 Å². The number of nitrogens with one attached hydrogen (secondary N) is 1. The third-order valence-corrected chi connectivity index (χ3v) is 5.57. The molecule has 0 radical (unpaired) electrons. The molecule has 142 valence electrons. The molecule has 1 amide bonds. The second-order valence-corrected chi connectivity index (χ2v) is 7.03. The second-order valence-electron chi connectivity index (χ2n) is 7.03. The number of carbonyl (C=O) groups is 1. The fourth-order valence-corrected chi connectivity index (χ4v) is 3.93. The van der Waals surface area contributed by atoms with E-state index in [1.54, 1.807) is 7.11 Å². The number of ether oxygens (including phenoxy) is 1. The lowest BCUT2D eigenvalue weighted by atomic mass is 10.0. The van der Waals surface area contributed by atoms with Crippen molar-refractivity contribution in [2.45, 2.75) is 32.2 Å². The summed E-state index contributed by atoms with van der Waals surface area (Å²) >= 11 is 0. The number of likely N-dealkylation sites (tertiary alicyclic amines) is 1. The Bertz CT molecular complexity index is 784. The van der Waals surface area contributed by atoms with Crippen molar-refractivity contribution in [2.24, 2.45) is 7.05 Å². The van der Waals surface area contributed by atoms with Crippen LogP contribution in [0.5, 0.6) is 5.75 Å². The minimum Gasteiger partial charge on any atom is -0.497 e. The quantitative estimate of drug-likeness (QED) is 0.829. The lowest BCUT2D eigenvalue weighted by Gasteiger charge is -2.34. The van der Waals surface area contributed by atoms with Crippen LogP contribution in [-0.2, 0) is 7.05 Å². The minimum absolute atomic E-state index is 0.0566. The Balaban J connectivity index is 1.72. The van der Waals surface area contributed by atoms with Gasteiger partial charge < -0.3 is 19.7 Å². The zero-order valence-corrected chi connectivity index (χ0v) is 15.9. The molecule has 1 aromatic carbocycles. The summed E-state index contributed by atoms with van der Waals surface area (Å²) in [5.74, 6) is 0.690. The van der Waals surface area contributed by atoms with Crippen LogP contribution in [0.3, 0.4) is 0 Å². The van der Waals surface area contributed by atoms with Gasteiger partial charge in [0.1, 0.15) is 5.75 Å². The number of piperidine rings is 1. The molecule has 6 heteroatoms. The van der Waals surface area contributed by atoms with Crippen LogP contribution in [0, 0.1) is 6.92 Å². The predicted octanol–water partition coefficient (Wildman–Crippen LogP) is 2.07. The average Bonchev–Trinajstić information content (AvgIpc) is 2.92. The van der Waals surface area contributed by atoms with Crippen LogP contribution < -0.4 is 10.1 Å². The van der Waals surface area contributed by atoms with Crippen molar-refractivity contribution >= 4 is 16.8 Å². The molecular formula is C20H29N3O3. The maximum atomic E-state index is 12.9. The lowest BCUT2D eigenvalue weighted by molar-refractivity contribution is 0.0849. The molecule has 1 atom stereocenters. The Morgan fingerprint density at radius 2 is 2.19 bits per heavy atom. The monoisotopic (exact) mass is 359 g/mol. The molecule has 1 saturated heterocycles. The SMILES string of the molecule is COc1ccc2c(c1)c(C(=O)NCCN1CCCCC1CO)c(C)n2C. The first kappa shape index (κ1) is 18.7. The summed E-state index contributed by atoms with van der Waals surface area (Å²) in [6.45, 7) is 4.49. The number of carbonyl (C=O) groups excluding carboxylic acids is 1. The number of amides is 1. The third-order valence-electron chi connectivity index (χ3n) is 5.57. The molecule has 0 saturated carbocycles. The van der Waals surface area contributed by atoms with Gasteiger partial charge in [-0.3, -0.25) is 9.69 Å². The van der Waals surface area contributed by atoms with E-state index >= 15 is 0 Å². The molecule has 2 heterocycles. The van der Waals surface area contributed by atoms with Gasteiger partial charge >= 0.3 is 0 Å². The van der Waals surface area contributed by atoms with Crippen LogP contribution in [-0.4, -0.2) is 59.9 Å². The number of fused-ring (bicyclic) bond motifs is 1. The molecule has 1 fully saturated rings. The van der Waals surface area contributed by atoms with Gasteiger partial charge in [-0.2, -0.15) is 0 Å². The van der Waals surface area contributed by atoms with Crippen molar-refractivity contribution < 1.29 is 14.6 Å². The van der Waals surface area contributed by atoms with E-state index in [9.17, 15) is 9.90 Å². The largest absolute Gasteiger partial charge is 0.497 e. The molecule has 0 bridgehead atoms. The van der Waals surface area contributed by atoms with Gasteiger partial charge in [0.2, 0.25) is 0 Å². The van der Waals surface area contributed by atoms with Crippen LogP contribution in [0.25, 0.3) is 10.9 Å². The fourth-order valence-electron chi connectivity index (χ4n) is 3.93. The zero-order valence-electron chi connectivity index (χ0n) is 15.9. The minimum atomic E-state index is -0.0566. The molecule has 6 nitrogen and oxygen atoms in total. The van der Waals surface area contributed by atoms with Crippen LogP contribution in [0.1, 0.15) is 35.3 Å². The molecule has 1 aromatic heterocycles. The van der Waals surface area contributed by atoms with Crippen LogP contribution in [0.4, 0.5) is 0 Å². The lowest BCUT2D eigenvalue weighted by Crippen LogP contribution is -2.45. The Hall–Kier alpha value is -2.05. The van der Waals surface area contributed by atoms with Crippen molar-refractivity contribution in [3.8, 4) is 5.75 Å². The number of rotatable bonds is 6. The number of aromatic nitrogens is 1. The molecule has 26 heavy (non-hydrogen) atoms. The fraction of sp³-hybridized carbons (Fsp3) is 0.550. The Kier molecular flexibility index (Phi) is 5.84. The predicted molar refractivity (Wildman–Crippen MR) is 103 cm³/mol. The topological polar surface area (TPSA) is 66.7 Å². The van der Waals surface area contributed by atoms with E-state index < -0.39 is 0 Å². The van der Waals surface area contributed by atoms with E-state index in [1.807, 2.05) is 36.7 Å². The first-order chi connectivity index (χ1) is 12.6. The van der Waals surface area contributed by atoms with Crippen molar-refractivity contribution in [3.63, 3.8) is 0 Å². The normalized spacial score (nSPS) is 18.2. The van der Waals surface area contributed by atoms with E-state index in [2.05, 4.69) is 10.2 Å². The first-order valence-electron chi connectivity index (χ1n) is 9.33. The summed E-state index contributed by atoms with van der Waals surface area (Å²) in [4.78, 5) is 15.1. The summed E-state index contributed by atoms with van der Waals surface area (Å²) < 4.78 is 7.36. The number of aliphatic hydroxyl groups excluding tert-OH is 1. The van der Waals surface area contributed by atoms with Crippen LogP contribution >= 0.6 is 0 Å². The second kappa shape index (κ2) is 8.10. The number of nitrogens with zero attached hydrogens (tertiary/aromatic N) is 2. The highest BCUT2D eigenvalue weighted by Gasteiger charge is 2.22. The standard InChI is InChI=1S/C20H29N3O3/c1-14-19(17-12-16(26-3)7-8-18(17)22(14)2)20(25)21-9-11-23-10-5-4-6-15(23)13-24/h7-8,12,15,24H,4-6,9-11,13H2,1-3H3,(H,21,25). The molecule has 3 rings (SSSR count). The Morgan fingerprint density at radius 1 is 1.38 bits per heavy atom. The molecule has 1 aliphatic heterocycles. The van der Waals surface area contributed by atoms with Crippen LogP contribution in [0.15, 0.2) is 18.2 Å². The highest BCUT2D eigenvalue weighted by molar-refractivity contribution is 6.08. The first-order valence-corrected chi connectivity index (χ1v) is 9.33. The molecule has 1 aliphatic rings. The number of hydrogen-bond donors (Lipinski definition) is 2. The van der Waals surface area contributed by atoms with Gasteiger partial charge in [-0.25, -0.2) is 0 Å². The van der Waals surface area contributed by atoms with Crippen LogP contribution in [0.2, 0.25) is 0 Å². The third kappa shape index (κ3) is 3.57. The van der Waals surface area contributed by atoms with E-state index in [1.165, 1.54) is 6.42 Å². The van der Waals surface area contributed by atoms with E-state index in [-0.39, 0.29) is 18.6 Å². The maximum Gasteiger partial charge on any atom is 0.253 e. The van der Waals surface area contributed by atoms with E-state index in [0.717, 1.165) is 48.3 Å². The molecule has 1 unspecified atom stereocenters. The van der Waals surface area contributed by atoms with E-state index in [4.69, 9.17) is 4.74 Å². The van der Waals surface area contributed by atoms with Gasteiger partial charge in [0.15, 0.2) is 0 Å². The molecule has 0 aliphatic carbocycles. The van der Waals surface area contributed by atoms with E-state index in [0.29, 0.717) is 12.1 Å².